The van der Waals surface area contributed by atoms with E-state index in [1.165, 1.54) is 25.1 Å². The Bertz CT molecular complexity index is 1340. The van der Waals surface area contributed by atoms with Gasteiger partial charge in [-0.3, -0.25) is 9.78 Å². The van der Waals surface area contributed by atoms with Gasteiger partial charge in [0.2, 0.25) is 0 Å². The van der Waals surface area contributed by atoms with E-state index >= 15 is 0 Å². The molecule has 0 saturated carbocycles. The molecule has 0 aliphatic carbocycles. The Hall–Kier alpha value is -3.33. The molecule has 1 amide bonds. The maximum Gasteiger partial charge on any atom is 0.281 e. The molecule has 0 saturated heterocycles. The normalized spacial score (nSPS) is 14.6. The number of carbonyl (C=O) groups excluding carboxylic acids is 1. The van der Waals surface area contributed by atoms with Crippen LogP contribution in [-0.4, -0.2) is 42.5 Å². The van der Waals surface area contributed by atoms with E-state index in [4.69, 9.17) is 4.74 Å². The zero-order valence-corrected chi connectivity index (χ0v) is 19.8. The van der Waals surface area contributed by atoms with Gasteiger partial charge in [0.1, 0.15) is 5.75 Å². The van der Waals surface area contributed by atoms with E-state index < -0.39 is 27.8 Å². The SMILES string of the molecule is C[C@H](Oc1ccc(S(C)(=O)=O)cc1C(=O)N1Cc2ccc(-c3cccnc3)cc2C1)C(C)(F)F. The molecule has 2 aromatic carbocycles. The first-order valence-electron chi connectivity index (χ1n) is 10.6. The standard InChI is InChI=1S/C25H24F2N2O4S/c1-16(25(2,26)27)33-23-9-8-21(34(3,31)32)12-22(23)24(30)29-14-19-7-6-17(11-20(19)15-29)18-5-4-10-28-13-18/h4-13,16H,14-15H2,1-3H3/t16-/m0/s1. The van der Waals surface area contributed by atoms with E-state index in [1.54, 1.807) is 17.3 Å². The van der Waals surface area contributed by atoms with Crippen molar-refractivity contribution in [2.75, 3.05) is 6.26 Å². The number of carbonyl (C=O) groups is 1. The molecular weight excluding hydrogens is 462 g/mol. The van der Waals surface area contributed by atoms with Gasteiger partial charge >= 0.3 is 0 Å². The number of benzene rings is 2. The highest BCUT2D eigenvalue weighted by Crippen LogP contribution is 2.33. The van der Waals surface area contributed by atoms with Crippen LogP contribution in [0, 0.1) is 0 Å². The van der Waals surface area contributed by atoms with E-state index in [0.29, 0.717) is 13.1 Å². The van der Waals surface area contributed by atoms with Gasteiger partial charge < -0.3 is 9.64 Å². The first kappa shape index (κ1) is 23.8. The van der Waals surface area contributed by atoms with Crippen LogP contribution in [0.3, 0.4) is 0 Å². The fourth-order valence-corrected chi connectivity index (χ4v) is 4.37. The molecule has 1 aliphatic heterocycles. The number of alkyl halides is 2. The molecule has 0 unspecified atom stereocenters. The lowest BCUT2D eigenvalue weighted by Gasteiger charge is -2.24. The number of rotatable bonds is 6. The molecule has 4 rings (SSSR count). The predicted octanol–water partition coefficient (Wildman–Crippen LogP) is 4.73. The van der Waals surface area contributed by atoms with E-state index in [1.807, 2.05) is 30.3 Å². The number of fused-ring (bicyclic) bond motifs is 1. The van der Waals surface area contributed by atoms with Gasteiger partial charge in [-0.25, -0.2) is 17.2 Å². The van der Waals surface area contributed by atoms with Crippen LogP contribution in [0.1, 0.15) is 35.3 Å². The minimum Gasteiger partial charge on any atom is -0.484 e. The van der Waals surface area contributed by atoms with Gasteiger partial charge in [0, 0.05) is 38.7 Å². The van der Waals surface area contributed by atoms with Gasteiger partial charge in [-0.05, 0) is 59.5 Å². The highest BCUT2D eigenvalue weighted by atomic mass is 32.2. The van der Waals surface area contributed by atoms with Crippen molar-refractivity contribution in [2.24, 2.45) is 0 Å². The van der Waals surface area contributed by atoms with Gasteiger partial charge in [-0.1, -0.05) is 18.2 Å². The van der Waals surface area contributed by atoms with Gasteiger partial charge in [0.15, 0.2) is 15.9 Å². The van der Waals surface area contributed by atoms with Crippen LogP contribution < -0.4 is 4.74 Å². The number of hydrogen-bond acceptors (Lipinski definition) is 5. The summed E-state index contributed by atoms with van der Waals surface area (Å²) in [6.07, 6.45) is 2.95. The molecular formula is C25H24F2N2O4S. The Morgan fingerprint density at radius 3 is 2.47 bits per heavy atom. The minimum absolute atomic E-state index is 0.0701. The van der Waals surface area contributed by atoms with Crippen molar-refractivity contribution in [3.05, 3.63) is 77.6 Å². The third kappa shape index (κ3) is 4.94. The summed E-state index contributed by atoms with van der Waals surface area (Å²) in [7, 11) is -3.63. The first-order valence-corrected chi connectivity index (χ1v) is 12.5. The van der Waals surface area contributed by atoms with Crippen LogP contribution in [0.4, 0.5) is 8.78 Å². The number of amides is 1. The maximum atomic E-state index is 13.7. The molecule has 34 heavy (non-hydrogen) atoms. The second-order valence-electron chi connectivity index (χ2n) is 8.53. The molecule has 2 heterocycles. The van der Waals surface area contributed by atoms with Gasteiger partial charge in [0.25, 0.3) is 11.8 Å². The van der Waals surface area contributed by atoms with Gasteiger partial charge in [0.05, 0.1) is 10.5 Å². The third-order valence-electron chi connectivity index (χ3n) is 5.84. The minimum atomic E-state index is -3.63. The quantitative estimate of drug-likeness (QED) is 0.504. The van der Waals surface area contributed by atoms with Gasteiger partial charge in [-0.15, -0.1) is 0 Å². The molecule has 0 radical (unpaired) electrons. The van der Waals surface area contributed by atoms with Crippen LogP contribution in [0.2, 0.25) is 0 Å². The molecule has 1 aliphatic rings. The Kier molecular flexibility index (Phi) is 6.16. The molecule has 6 nitrogen and oxygen atoms in total. The number of nitrogens with zero attached hydrogens (tertiary/aromatic N) is 2. The summed E-state index contributed by atoms with van der Waals surface area (Å²) in [5.74, 6) is -3.73. The smallest absolute Gasteiger partial charge is 0.281 e. The average molecular weight is 487 g/mol. The predicted molar refractivity (Wildman–Crippen MR) is 124 cm³/mol. The molecule has 0 bridgehead atoms. The van der Waals surface area contributed by atoms with Gasteiger partial charge in [-0.2, -0.15) is 0 Å². The topological polar surface area (TPSA) is 76.6 Å². The fraction of sp³-hybridized carbons (Fsp3) is 0.280. The van der Waals surface area contributed by atoms with E-state index in [9.17, 15) is 22.0 Å². The Morgan fingerprint density at radius 1 is 1.09 bits per heavy atom. The lowest BCUT2D eigenvalue weighted by molar-refractivity contribution is -0.0720. The number of pyridine rings is 1. The second kappa shape index (κ2) is 8.79. The molecule has 1 atom stereocenters. The lowest BCUT2D eigenvalue weighted by Crippen LogP contribution is -2.33. The van der Waals surface area contributed by atoms with Crippen LogP contribution in [0.5, 0.6) is 5.75 Å². The third-order valence-corrected chi connectivity index (χ3v) is 6.95. The van der Waals surface area contributed by atoms with Crippen LogP contribution in [-0.2, 0) is 22.9 Å². The number of ether oxygens (including phenoxy) is 1. The number of aromatic nitrogens is 1. The molecule has 9 heteroatoms. The van der Waals surface area contributed by atoms with Crippen molar-refractivity contribution in [2.45, 2.75) is 43.9 Å². The van der Waals surface area contributed by atoms with Crippen LogP contribution >= 0.6 is 0 Å². The fourth-order valence-electron chi connectivity index (χ4n) is 3.73. The summed E-state index contributed by atoms with van der Waals surface area (Å²) < 4.78 is 57.1. The van der Waals surface area contributed by atoms with E-state index in [0.717, 1.165) is 35.4 Å². The van der Waals surface area contributed by atoms with E-state index in [2.05, 4.69) is 4.98 Å². The van der Waals surface area contributed by atoms with Crippen molar-refractivity contribution in [3.8, 4) is 16.9 Å². The monoisotopic (exact) mass is 486 g/mol. The van der Waals surface area contributed by atoms with Crippen molar-refractivity contribution < 1.29 is 26.7 Å². The van der Waals surface area contributed by atoms with Crippen molar-refractivity contribution in [3.63, 3.8) is 0 Å². The summed E-state index contributed by atoms with van der Waals surface area (Å²) in [6, 6.07) is 13.4. The van der Waals surface area contributed by atoms with E-state index in [-0.39, 0.29) is 16.2 Å². The van der Waals surface area contributed by atoms with Crippen LogP contribution in [0.25, 0.3) is 11.1 Å². The summed E-state index contributed by atoms with van der Waals surface area (Å²) in [5.41, 5.74) is 3.74. The maximum absolute atomic E-state index is 13.7. The molecule has 0 spiro atoms. The van der Waals surface area contributed by atoms with Crippen LogP contribution in [0.15, 0.2) is 65.8 Å². The lowest BCUT2D eigenvalue weighted by atomic mass is 10.0. The number of hydrogen-bond donors (Lipinski definition) is 0. The first-order chi connectivity index (χ1) is 15.9. The summed E-state index contributed by atoms with van der Waals surface area (Å²) in [6.45, 7) is 2.53. The Morgan fingerprint density at radius 2 is 1.82 bits per heavy atom. The molecule has 0 fully saturated rings. The molecule has 3 aromatic rings. The largest absolute Gasteiger partial charge is 0.484 e. The Balaban J connectivity index is 1.65. The highest BCUT2D eigenvalue weighted by Gasteiger charge is 2.34. The summed E-state index contributed by atoms with van der Waals surface area (Å²) >= 11 is 0. The van der Waals surface area contributed by atoms with Crippen molar-refractivity contribution >= 4 is 15.7 Å². The summed E-state index contributed by atoms with van der Waals surface area (Å²) in [5, 5.41) is 0. The molecule has 0 N–H and O–H groups in total. The highest BCUT2D eigenvalue weighted by molar-refractivity contribution is 7.90. The number of halogens is 2. The number of sulfone groups is 1. The average Bonchev–Trinajstić information content (AvgIpc) is 3.21. The summed E-state index contributed by atoms with van der Waals surface area (Å²) in [4.78, 5) is 19.0. The van der Waals surface area contributed by atoms with Crippen molar-refractivity contribution in [1.82, 2.24) is 9.88 Å². The Labute approximate surface area is 197 Å². The second-order valence-corrected chi connectivity index (χ2v) is 10.5. The molecule has 1 aromatic heterocycles. The molecule has 178 valence electrons. The van der Waals surface area contributed by atoms with Crippen molar-refractivity contribution in [1.29, 1.82) is 0 Å². The zero-order chi connectivity index (χ0) is 24.7. The zero-order valence-electron chi connectivity index (χ0n) is 19.0.